The van der Waals surface area contributed by atoms with Crippen molar-refractivity contribution < 1.29 is 9.53 Å². The van der Waals surface area contributed by atoms with Gasteiger partial charge in [-0.05, 0) is 19.8 Å². The molecule has 68 valence electrons. The van der Waals surface area contributed by atoms with E-state index >= 15 is 0 Å². The van der Waals surface area contributed by atoms with Crippen LogP contribution in [-0.4, -0.2) is 11.4 Å². The van der Waals surface area contributed by atoms with Crippen molar-refractivity contribution in [1.29, 1.82) is 0 Å². The van der Waals surface area contributed by atoms with Crippen molar-refractivity contribution >= 4 is 5.78 Å². The largest absolute Gasteiger partial charge is 0.495 e. The van der Waals surface area contributed by atoms with Gasteiger partial charge in [-0.3, -0.25) is 4.79 Å². The first-order valence-electron chi connectivity index (χ1n) is 4.33. The maximum absolute atomic E-state index is 11.5. The van der Waals surface area contributed by atoms with Gasteiger partial charge >= 0.3 is 0 Å². The van der Waals surface area contributed by atoms with E-state index in [9.17, 15) is 4.79 Å². The third kappa shape index (κ3) is 1.87. The van der Waals surface area contributed by atoms with Crippen molar-refractivity contribution in [2.45, 2.75) is 39.7 Å². The molecule has 0 fully saturated rings. The predicted octanol–water partition coefficient (Wildman–Crippen LogP) is 2.29. The molecule has 0 N–H and O–H groups in total. The Labute approximate surface area is 73.6 Å². The highest BCUT2D eigenvalue weighted by atomic mass is 16.5. The van der Waals surface area contributed by atoms with Crippen molar-refractivity contribution in [3.05, 3.63) is 11.8 Å². The molecular weight excluding hydrogens is 152 g/mol. The minimum absolute atomic E-state index is 0.223. The van der Waals surface area contributed by atoms with Crippen LogP contribution in [0.5, 0.6) is 0 Å². The van der Waals surface area contributed by atoms with Gasteiger partial charge in [-0.15, -0.1) is 0 Å². The summed E-state index contributed by atoms with van der Waals surface area (Å²) in [5.74, 6) is 0.495. The van der Waals surface area contributed by atoms with Crippen molar-refractivity contribution in [2.75, 3.05) is 0 Å². The first kappa shape index (κ1) is 9.30. The standard InChI is InChI=1S/C10H16O2/c1-7(2)8-6-12-10(3,4)5-9(8)11/h6-7H,5H2,1-4H3. The molecule has 1 aliphatic heterocycles. The summed E-state index contributed by atoms with van der Waals surface area (Å²) in [6, 6.07) is 0. The lowest BCUT2D eigenvalue weighted by Gasteiger charge is -2.29. The van der Waals surface area contributed by atoms with E-state index in [0.717, 1.165) is 5.57 Å². The molecule has 0 unspecified atom stereocenters. The molecule has 2 nitrogen and oxygen atoms in total. The fraction of sp³-hybridized carbons (Fsp3) is 0.700. The Morgan fingerprint density at radius 1 is 1.50 bits per heavy atom. The smallest absolute Gasteiger partial charge is 0.166 e. The molecule has 1 aliphatic rings. The number of hydrogen-bond donors (Lipinski definition) is 0. The van der Waals surface area contributed by atoms with Gasteiger partial charge in [0.15, 0.2) is 5.78 Å². The summed E-state index contributed by atoms with van der Waals surface area (Å²) in [5.41, 5.74) is 0.504. The summed E-state index contributed by atoms with van der Waals surface area (Å²) in [6.45, 7) is 7.87. The maximum atomic E-state index is 11.5. The zero-order chi connectivity index (χ0) is 9.35. The molecule has 0 aliphatic carbocycles. The molecule has 0 amide bonds. The molecule has 0 spiro atoms. The lowest BCUT2D eigenvalue weighted by atomic mass is 9.90. The van der Waals surface area contributed by atoms with Gasteiger partial charge in [0, 0.05) is 5.57 Å². The van der Waals surface area contributed by atoms with Crippen LogP contribution >= 0.6 is 0 Å². The van der Waals surface area contributed by atoms with E-state index in [2.05, 4.69) is 0 Å². The van der Waals surface area contributed by atoms with Gasteiger partial charge in [-0.2, -0.15) is 0 Å². The number of rotatable bonds is 1. The van der Waals surface area contributed by atoms with Gasteiger partial charge in [-0.1, -0.05) is 13.8 Å². The van der Waals surface area contributed by atoms with Crippen LogP contribution in [0.4, 0.5) is 0 Å². The zero-order valence-electron chi connectivity index (χ0n) is 8.18. The summed E-state index contributed by atoms with van der Waals surface area (Å²) >= 11 is 0. The lowest BCUT2D eigenvalue weighted by Crippen LogP contribution is -2.32. The molecule has 0 aromatic carbocycles. The van der Waals surface area contributed by atoms with Crippen LogP contribution in [0.3, 0.4) is 0 Å². The number of carbonyl (C=O) groups is 1. The van der Waals surface area contributed by atoms with E-state index in [1.165, 1.54) is 0 Å². The Morgan fingerprint density at radius 3 is 2.50 bits per heavy atom. The number of carbonyl (C=O) groups excluding carboxylic acids is 1. The summed E-state index contributed by atoms with van der Waals surface area (Å²) < 4.78 is 5.43. The summed E-state index contributed by atoms with van der Waals surface area (Å²) in [7, 11) is 0. The molecule has 0 aromatic heterocycles. The molecule has 0 saturated heterocycles. The van der Waals surface area contributed by atoms with Crippen LogP contribution in [-0.2, 0) is 9.53 Å². The van der Waals surface area contributed by atoms with Crippen LogP contribution in [0, 0.1) is 5.92 Å². The molecule has 12 heavy (non-hydrogen) atoms. The second-order valence-electron chi connectivity index (χ2n) is 4.21. The zero-order valence-corrected chi connectivity index (χ0v) is 8.18. The Bertz CT molecular complexity index is 224. The second-order valence-corrected chi connectivity index (χ2v) is 4.21. The molecular formula is C10H16O2. The second kappa shape index (κ2) is 2.92. The highest BCUT2D eigenvalue weighted by Gasteiger charge is 2.30. The number of ketones is 1. The van der Waals surface area contributed by atoms with E-state index in [1.807, 2.05) is 27.7 Å². The molecule has 0 bridgehead atoms. The summed E-state index contributed by atoms with van der Waals surface area (Å²) in [6.07, 6.45) is 2.12. The average Bonchev–Trinajstić information content (AvgIpc) is 1.83. The molecule has 1 rings (SSSR count). The van der Waals surface area contributed by atoms with Gasteiger partial charge in [0.05, 0.1) is 12.7 Å². The van der Waals surface area contributed by atoms with Gasteiger partial charge in [0.25, 0.3) is 0 Å². The molecule has 0 saturated carbocycles. The average molecular weight is 168 g/mol. The first-order valence-corrected chi connectivity index (χ1v) is 4.33. The first-order chi connectivity index (χ1) is 5.42. The number of hydrogen-bond acceptors (Lipinski definition) is 2. The van der Waals surface area contributed by atoms with Gasteiger partial charge in [0.1, 0.15) is 5.60 Å². The number of Topliss-reactive ketones (excluding diaryl/α,β-unsaturated/α-hetero) is 1. The fourth-order valence-electron chi connectivity index (χ4n) is 1.28. The van der Waals surface area contributed by atoms with E-state index in [0.29, 0.717) is 6.42 Å². The van der Waals surface area contributed by atoms with Gasteiger partial charge in [0.2, 0.25) is 0 Å². The molecule has 1 heterocycles. The van der Waals surface area contributed by atoms with Crippen molar-refractivity contribution in [3.8, 4) is 0 Å². The Morgan fingerprint density at radius 2 is 2.08 bits per heavy atom. The Balaban J connectivity index is 2.82. The number of allylic oxidation sites excluding steroid dienone is 1. The predicted molar refractivity (Wildman–Crippen MR) is 47.7 cm³/mol. The van der Waals surface area contributed by atoms with Gasteiger partial charge in [-0.25, -0.2) is 0 Å². The van der Waals surface area contributed by atoms with E-state index in [-0.39, 0.29) is 17.3 Å². The molecule has 0 aromatic rings. The fourth-order valence-corrected chi connectivity index (χ4v) is 1.28. The summed E-state index contributed by atoms with van der Waals surface area (Å²) in [4.78, 5) is 11.5. The SMILES string of the molecule is CC(C)C1=COC(C)(C)CC1=O. The summed E-state index contributed by atoms with van der Waals surface area (Å²) in [5, 5.41) is 0. The quantitative estimate of drug-likeness (QED) is 0.600. The maximum Gasteiger partial charge on any atom is 0.166 e. The van der Waals surface area contributed by atoms with Gasteiger partial charge < -0.3 is 4.74 Å². The monoisotopic (exact) mass is 168 g/mol. The van der Waals surface area contributed by atoms with Crippen LogP contribution in [0.1, 0.15) is 34.1 Å². The van der Waals surface area contributed by atoms with Crippen molar-refractivity contribution in [1.82, 2.24) is 0 Å². The highest BCUT2D eigenvalue weighted by Crippen LogP contribution is 2.26. The molecule has 2 heteroatoms. The third-order valence-corrected chi connectivity index (χ3v) is 2.04. The van der Waals surface area contributed by atoms with Crippen LogP contribution < -0.4 is 0 Å². The topological polar surface area (TPSA) is 26.3 Å². The minimum atomic E-state index is -0.310. The van der Waals surface area contributed by atoms with Crippen LogP contribution in [0.15, 0.2) is 11.8 Å². The Kier molecular flexibility index (Phi) is 2.27. The minimum Gasteiger partial charge on any atom is -0.495 e. The number of ether oxygens (including phenoxy) is 1. The third-order valence-electron chi connectivity index (χ3n) is 2.04. The van der Waals surface area contributed by atoms with E-state index in [1.54, 1.807) is 6.26 Å². The van der Waals surface area contributed by atoms with Crippen LogP contribution in [0.25, 0.3) is 0 Å². The van der Waals surface area contributed by atoms with Crippen LogP contribution in [0.2, 0.25) is 0 Å². The molecule has 0 atom stereocenters. The normalized spacial score (nSPS) is 22.1. The lowest BCUT2D eigenvalue weighted by molar-refractivity contribution is -0.122. The molecule has 0 radical (unpaired) electrons. The van der Waals surface area contributed by atoms with E-state index in [4.69, 9.17) is 4.74 Å². The van der Waals surface area contributed by atoms with Crippen molar-refractivity contribution in [2.24, 2.45) is 5.92 Å². The van der Waals surface area contributed by atoms with Crippen molar-refractivity contribution in [3.63, 3.8) is 0 Å². The Hall–Kier alpha value is -0.790. The highest BCUT2D eigenvalue weighted by molar-refractivity contribution is 5.96. The van der Waals surface area contributed by atoms with E-state index < -0.39 is 0 Å².